The van der Waals surface area contributed by atoms with Crippen LogP contribution in [0.2, 0.25) is 0 Å². The molecule has 1 aliphatic rings. The molecular weight excluding hydrogens is 152 g/mol. The van der Waals surface area contributed by atoms with E-state index in [0.29, 0.717) is 16.9 Å². The van der Waals surface area contributed by atoms with E-state index in [4.69, 9.17) is 5.11 Å². The van der Waals surface area contributed by atoms with Gasteiger partial charge in [0.15, 0.2) is 0 Å². The molecule has 2 nitrogen and oxygen atoms in total. The molecule has 1 aliphatic carbocycles. The van der Waals surface area contributed by atoms with Crippen molar-refractivity contribution in [3.8, 4) is 0 Å². The molecule has 0 radical (unpaired) electrons. The van der Waals surface area contributed by atoms with Gasteiger partial charge in [0, 0.05) is 5.57 Å². The second kappa shape index (κ2) is 2.92. The molecule has 1 rings (SSSR count). The van der Waals surface area contributed by atoms with Crippen molar-refractivity contribution >= 4 is 5.97 Å². The van der Waals surface area contributed by atoms with Gasteiger partial charge in [0.1, 0.15) is 0 Å². The lowest BCUT2D eigenvalue weighted by molar-refractivity contribution is -0.133. The summed E-state index contributed by atoms with van der Waals surface area (Å²) < 4.78 is 0. The number of carbonyl (C=O) groups is 1. The van der Waals surface area contributed by atoms with Gasteiger partial charge in [0.2, 0.25) is 0 Å². The highest BCUT2D eigenvalue weighted by atomic mass is 16.4. The minimum absolute atomic E-state index is 0.311. The Labute approximate surface area is 73.3 Å². The molecule has 12 heavy (non-hydrogen) atoms. The number of allylic oxidation sites excluding steroid dienone is 1. The van der Waals surface area contributed by atoms with Crippen LogP contribution in [0.3, 0.4) is 0 Å². The summed E-state index contributed by atoms with van der Waals surface area (Å²) in [4.78, 5) is 10.4. The molecule has 0 aromatic rings. The first-order valence-corrected chi connectivity index (χ1v) is 4.32. The van der Waals surface area contributed by atoms with E-state index in [2.05, 4.69) is 20.8 Å². The fourth-order valence-corrected chi connectivity index (χ4v) is 1.61. The average Bonchev–Trinajstić information content (AvgIpc) is 1.74. The van der Waals surface area contributed by atoms with Crippen molar-refractivity contribution in [3.63, 3.8) is 0 Å². The van der Waals surface area contributed by atoms with Crippen LogP contribution in [0.5, 0.6) is 0 Å². The Hall–Kier alpha value is -0.790. The summed E-state index contributed by atoms with van der Waals surface area (Å²) in [6.07, 6.45) is 3.73. The number of carboxylic acids is 1. The summed E-state index contributed by atoms with van der Waals surface area (Å²) in [5.74, 6) is -0.253. The molecule has 0 amide bonds. The molecule has 0 bridgehead atoms. The van der Waals surface area contributed by atoms with Gasteiger partial charge in [-0.3, -0.25) is 0 Å². The van der Waals surface area contributed by atoms with Crippen LogP contribution >= 0.6 is 0 Å². The van der Waals surface area contributed by atoms with Gasteiger partial charge < -0.3 is 5.11 Å². The smallest absolute Gasteiger partial charge is 0.331 e. The second-order valence-corrected chi connectivity index (χ2v) is 4.73. The van der Waals surface area contributed by atoms with Gasteiger partial charge in [-0.1, -0.05) is 26.8 Å². The Morgan fingerprint density at radius 3 is 2.50 bits per heavy atom. The summed E-state index contributed by atoms with van der Waals surface area (Å²) in [6.45, 7) is 6.54. The quantitative estimate of drug-likeness (QED) is 0.687. The van der Waals surface area contributed by atoms with E-state index in [1.165, 1.54) is 0 Å². The predicted molar refractivity (Wildman–Crippen MR) is 47.9 cm³/mol. The minimum Gasteiger partial charge on any atom is -0.478 e. The highest BCUT2D eigenvalue weighted by molar-refractivity contribution is 5.88. The van der Waals surface area contributed by atoms with Crippen LogP contribution in [0.25, 0.3) is 0 Å². The van der Waals surface area contributed by atoms with Crippen LogP contribution < -0.4 is 0 Å². The van der Waals surface area contributed by atoms with Crippen molar-refractivity contribution < 1.29 is 9.90 Å². The Bertz CT molecular complexity index is 220. The highest BCUT2D eigenvalue weighted by Gasteiger charge is 2.27. The zero-order valence-corrected chi connectivity index (χ0v) is 7.92. The molecule has 0 fully saturated rings. The van der Waals surface area contributed by atoms with Gasteiger partial charge in [0.05, 0.1) is 0 Å². The van der Waals surface area contributed by atoms with Crippen molar-refractivity contribution in [2.45, 2.75) is 33.6 Å². The van der Waals surface area contributed by atoms with Crippen molar-refractivity contribution in [2.75, 3.05) is 0 Å². The van der Waals surface area contributed by atoms with E-state index < -0.39 is 5.97 Å². The first-order chi connectivity index (χ1) is 5.38. The van der Waals surface area contributed by atoms with E-state index in [1.807, 2.05) is 6.08 Å². The number of hydrogen-bond donors (Lipinski definition) is 1. The van der Waals surface area contributed by atoms with Crippen LogP contribution in [-0.2, 0) is 4.79 Å². The molecule has 2 heteroatoms. The van der Waals surface area contributed by atoms with Crippen LogP contribution in [0, 0.1) is 11.3 Å². The predicted octanol–water partition coefficient (Wildman–Crippen LogP) is 2.45. The molecule has 0 aromatic carbocycles. The fraction of sp³-hybridized carbons (Fsp3) is 0.700. The first-order valence-electron chi connectivity index (χ1n) is 4.32. The van der Waals surface area contributed by atoms with Crippen molar-refractivity contribution in [1.82, 2.24) is 0 Å². The Kier molecular flexibility index (Phi) is 2.27. The lowest BCUT2D eigenvalue weighted by Gasteiger charge is -2.29. The summed E-state index contributed by atoms with van der Waals surface area (Å²) in [6, 6.07) is 0. The average molecular weight is 168 g/mol. The first kappa shape index (κ1) is 9.30. The molecule has 1 N–H and O–H groups in total. The molecule has 68 valence electrons. The molecule has 0 heterocycles. The molecule has 0 saturated carbocycles. The Morgan fingerprint density at radius 1 is 1.67 bits per heavy atom. The van der Waals surface area contributed by atoms with E-state index >= 15 is 0 Å². The van der Waals surface area contributed by atoms with Crippen LogP contribution in [0.1, 0.15) is 33.6 Å². The van der Waals surface area contributed by atoms with Crippen LogP contribution in [0.15, 0.2) is 11.6 Å². The molecule has 0 saturated heterocycles. The van der Waals surface area contributed by atoms with E-state index in [-0.39, 0.29) is 0 Å². The fourth-order valence-electron chi connectivity index (χ4n) is 1.61. The van der Waals surface area contributed by atoms with Gasteiger partial charge in [-0.15, -0.1) is 0 Å². The van der Waals surface area contributed by atoms with E-state index in [9.17, 15) is 4.79 Å². The third-order valence-corrected chi connectivity index (χ3v) is 2.07. The largest absolute Gasteiger partial charge is 0.478 e. The number of carboxylic acid groups (broad SMARTS) is 1. The topological polar surface area (TPSA) is 37.3 Å². The molecule has 0 aromatic heterocycles. The summed E-state index contributed by atoms with van der Waals surface area (Å²) in [7, 11) is 0. The Balaban J connectivity index is 2.40. The molecule has 1 atom stereocenters. The minimum atomic E-state index is -0.750. The van der Waals surface area contributed by atoms with Gasteiger partial charge in [-0.25, -0.2) is 4.79 Å². The molecule has 1 unspecified atom stereocenters. The van der Waals surface area contributed by atoms with Crippen molar-refractivity contribution in [3.05, 3.63) is 11.6 Å². The molecular formula is C10H16O2. The maximum absolute atomic E-state index is 10.4. The summed E-state index contributed by atoms with van der Waals surface area (Å²) in [5.41, 5.74) is 0.898. The molecule has 0 aliphatic heterocycles. The lowest BCUT2D eigenvalue weighted by atomic mass is 9.76. The maximum Gasteiger partial charge on any atom is 0.331 e. The summed E-state index contributed by atoms with van der Waals surface area (Å²) in [5, 5.41) is 8.58. The number of aliphatic carboxylic acids is 1. The number of rotatable bonds is 2. The molecule has 0 spiro atoms. The zero-order valence-electron chi connectivity index (χ0n) is 7.92. The maximum atomic E-state index is 10.4. The van der Waals surface area contributed by atoms with Crippen LogP contribution in [0.4, 0.5) is 0 Å². The van der Waals surface area contributed by atoms with E-state index in [0.717, 1.165) is 12.8 Å². The SMILES string of the molecule is CC(C)(C)CC1C=C(C(=O)O)C1. The van der Waals surface area contributed by atoms with Gasteiger partial charge in [-0.2, -0.15) is 0 Å². The van der Waals surface area contributed by atoms with Gasteiger partial charge in [-0.05, 0) is 24.2 Å². The monoisotopic (exact) mass is 168 g/mol. The lowest BCUT2D eigenvalue weighted by Crippen LogP contribution is -2.21. The van der Waals surface area contributed by atoms with Crippen molar-refractivity contribution in [1.29, 1.82) is 0 Å². The standard InChI is InChI=1S/C10H16O2/c1-10(2,3)6-7-4-8(5-7)9(11)12/h4,7H,5-6H2,1-3H3,(H,11,12). The highest BCUT2D eigenvalue weighted by Crippen LogP contribution is 2.35. The zero-order chi connectivity index (χ0) is 9.35. The normalized spacial score (nSPS) is 22.9. The van der Waals surface area contributed by atoms with Crippen molar-refractivity contribution in [2.24, 2.45) is 11.3 Å². The van der Waals surface area contributed by atoms with Crippen LogP contribution in [-0.4, -0.2) is 11.1 Å². The summed E-state index contributed by atoms with van der Waals surface area (Å²) >= 11 is 0. The second-order valence-electron chi connectivity index (χ2n) is 4.73. The van der Waals surface area contributed by atoms with Gasteiger partial charge >= 0.3 is 5.97 Å². The third-order valence-electron chi connectivity index (χ3n) is 2.07. The number of hydrogen-bond acceptors (Lipinski definition) is 1. The Morgan fingerprint density at radius 2 is 2.17 bits per heavy atom. The van der Waals surface area contributed by atoms with Gasteiger partial charge in [0.25, 0.3) is 0 Å². The third kappa shape index (κ3) is 2.36. The van der Waals surface area contributed by atoms with E-state index in [1.54, 1.807) is 0 Å².